The van der Waals surface area contributed by atoms with Crippen LogP contribution in [0.25, 0.3) is 0 Å². The first-order chi connectivity index (χ1) is 17.7. The molecule has 0 saturated carbocycles. The van der Waals surface area contributed by atoms with Crippen molar-refractivity contribution < 1.29 is 18.0 Å². The van der Waals surface area contributed by atoms with E-state index in [1.54, 1.807) is 24.3 Å². The highest BCUT2D eigenvalue weighted by Crippen LogP contribution is 2.25. The van der Waals surface area contributed by atoms with Gasteiger partial charge in [-0.25, -0.2) is 12.7 Å². The van der Waals surface area contributed by atoms with Crippen molar-refractivity contribution in [1.29, 1.82) is 0 Å². The van der Waals surface area contributed by atoms with Crippen LogP contribution in [0.1, 0.15) is 52.9 Å². The van der Waals surface area contributed by atoms with Crippen LogP contribution in [0.2, 0.25) is 0 Å². The quantitative estimate of drug-likeness (QED) is 0.452. The first kappa shape index (κ1) is 26.6. The van der Waals surface area contributed by atoms with E-state index in [4.69, 9.17) is 0 Å². The molecule has 7 nitrogen and oxygen atoms in total. The summed E-state index contributed by atoms with van der Waals surface area (Å²) in [5.41, 5.74) is 3.65. The first-order valence-corrected chi connectivity index (χ1v) is 14.1. The summed E-state index contributed by atoms with van der Waals surface area (Å²) < 4.78 is 27.3. The van der Waals surface area contributed by atoms with Gasteiger partial charge in [0.25, 0.3) is 5.91 Å². The summed E-state index contributed by atoms with van der Waals surface area (Å²) in [5, 5.41) is 5.89. The summed E-state index contributed by atoms with van der Waals surface area (Å²) in [5.74, 6) is -0.852. The van der Waals surface area contributed by atoms with Crippen molar-refractivity contribution in [3.05, 3.63) is 101 Å². The second-order valence-electron chi connectivity index (χ2n) is 9.56. The number of para-hydroxylation sites is 1. The van der Waals surface area contributed by atoms with Crippen LogP contribution in [-0.2, 0) is 20.6 Å². The van der Waals surface area contributed by atoms with Gasteiger partial charge < -0.3 is 10.6 Å². The van der Waals surface area contributed by atoms with E-state index in [1.165, 1.54) is 4.31 Å². The Morgan fingerprint density at radius 2 is 1.54 bits per heavy atom. The predicted molar refractivity (Wildman–Crippen MR) is 145 cm³/mol. The minimum Gasteiger partial charge on any atom is -0.345 e. The molecule has 4 rings (SSSR count). The van der Waals surface area contributed by atoms with Crippen molar-refractivity contribution in [3.63, 3.8) is 0 Å². The molecule has 2 N–H and O–H groups in total. The van der Waals surface area contributed by atoms with Crippen LogP contribution in [0, 0.1) is 12.8 Å². The topological polar surface area (TPSA) is 95.6 Å². The molecule has 0 aliphatic carbocycles. The summed E-state index contributed by atoms with van der Waals surface area (Å²) in [7, 11) is -3.46. The highest BCUT2D eigenvalue weighted by atomic mass is 32.2. The summed E-state index contributed by atoms with van der Waals surface area (Å²) in [6.45, 7) is 4.46. The number of benzene rings is 3. The number of rotatable bonds is 8. The molecule has 0 unspecified atom stereocenters. The van der Waals surface area contributed by atoms with Crippen molar-refractivity contribution in [1.82, 2.24) is 9.62 Å². The van der Waals surface area contributed by atoms with Crippen LogP contribution in [0.4, 0.5) is 5.69 Å². The molecule has 1 aliphatic rings. The molecule has 3 aromatic carbocycles. The molecule has 1 saturated heterocycles. The van der Waals surface area contributed by atoms with Crippen molar-refractivity contribution in [2.24, 2.45) is 5.92 Å². The van der Waals surface area contributed by atoms with Crippen molar-refractivity contribution in [3.8, 4) is 0 Å². The molecule has 37 heavy (non-hydrogen) atoms. The summed E-state index contributed by atoms with van der Waals surface area (Å²) in [4.78, 5) is 26.0. The molecular formula is C29H33N3O4S. The Morgan fingerprint density at radius 1 is 0.919 bits per heavy atom. The van der Waals surface area contributed by atoms with Crippen LogP contribution >= 0.6 is 0 Å². The molecule has 194 valence electrons. The van der Waals surface area contributed by atoms with Gasteiger partial charge in [-0.1, -0.05) is 72.3 Å². The Labute approximate surface area is 218 Å². The van der Waals surface area contributed by atoms with E-state index >= 15 is 0 Å². The minimum atomic E-state index is -3.46. The minimum absolute atomic E-state index is 0.0476. The third-order valence-electron chi connectivity index (χ3n) is 6.76. The highest BCUT2D eigenvalue weighted by molar-refractivity contribution is 7.88. The number of amides is 2. The number of sulfonamides is 1. The second-order valence-corrected chi connectivity index (χ2v) is 11.5. The normalized spacial score (nSPS) is 15.6. The van der Waals surface area contributed by atoms with Gasteiger partial charge >= 0.3 is 0 Å². The Hall–Kier alpha value is -3.49. The lowest BCUT2D eigenvalue weighted by Gasteiger charge is -2.30. The van der Waals surface area contributed by atoms with Gasteiger partial charge in [0.05, 0.1) is 23.0 Å². The van der Waals surface area contributed by atoms with E-state index in [0.29, 0.717) is 37.2 Å². The zero-order chi connectivity index (χ0) is 26.4. The summed E-state index contributed by atoms with van der Waals surface area (Å²) in [6.07, 6.45) is 0.858. The number of hydrogen-bond acceptors (Lipinski definition) is 4. The van der Waals surface area contributed by atoms with E-state index in [9.17, 15) is 18.0 Å². The zero-order valence-corrected chi connectivity index (χ0v) is 22.0. The third-order valence-corrected chi connectivity index (χ3v) is 8.61. The molecule has 0 bridgehead atoms. The van der Waals surface area contributed by atoms with Crippen molar-refractivity contribution in [2.45, 2.75) is 38.5 Å². The maximum Gasteiger partial charge on any atom is 0.253 e. The van der Waals surface area contributed by atoms with Gasteiger partial charge in [-0.15, -0.1) is 0 Å². The predicted octanol–water partition coefficient (Wildman–Crippen LogP) is 4.67. The van der Waals surface area contributed by atoms with Gasteiger partial charge in [0.1, 0.15) is 0 Å². The molecule has 1 fully saturated rings. The Kier molecular flexibility index (Phi) is 8.41. The van der Waals surface area contributed by atoms with Crippen LogP contribution in [0.5, 0.6) is 0 Å². The number of carbonyl (C=O) groups is 2. The van der Waals surface area contributed by atoms with Gasteiger partial charge in [0, 0.05) is 19.0 Å². The van der Waals surface area contributed by atoms with E-state index in [-0.39, 0.29) is 29.5 Å². The Balaban J connectivity index is 1.35. The lowest BCUT2D eigenvalue weighted by molar-refractivity contribution is -0.120. The number of aryl methyl sites for hydroxylation is 1. The van der Waals surface area contributed by atoms with Crippen LogP contribution in [-0.4, -0.2) is 37.6 Å². The highest BCUT2D eigenvalue weighted by Gasteiger charge is 2.31. The van der Waals surface area contributed by atoms with Crippen LogP contribution in [0.3, 0.4) is 0 Å². The van der Waals surface area contributed by atoms with Crippen LogP contribution in [0.15, 0.2) is 78.9 Å². The number of anilines is 1. The van der Waals surface area contributed by atoms with Crippen LogP contribution < -0.4 is 10.6 Å². The van der Waals surface area contributed by atoms with Gasteiger partial charge in [-0.05, 0) is 49.9 Å². The third kappa shape index (κ3) is 6.84. The van der Waals surface area contributed by atoms with Crippen molar-refractivity contribution in [2.75, 3.05) is 18.4 Å². The fourth-order valence-corrected chi connectivity index (χ4v) is 6.07. The van der Waals surface area contributed by atoms with E-state index in [1.807, 2.05) is 68.4 Å². The maximum atomic E-state index is 13.1. The average molecular weight is 520 g/mol. The number of piperidine rings is 1. The Morgan fingerprint density at radius 3 is 2.22 bits per heavy atom. The van der Waals surface area contributed by atoms with Crippen molar-refractivity contribution >= 4 is 27.5 Å². The summed E-state index contributed by atoms with van der Waals surface area (Å²) in [6, 6.07) is 23.9. The Bertz CT molecular complexity index is 1330. The SMILES string of the molecule is Cc1ccc(CS(=O)(=O)N2CCC(C(=O)Nc3ccccc3C(=O)N[C@H](C)c3ccccc3)CC2)cc1. The first-order valence-electron chi connectivity index (χ1n) is 12.5. The van der Waals surface area contributed by atoms with Gasteiger partial charge in [-0.2, -0.15) is 0 Å². The fraction of sp³-hybridized carbons (Fsp3) is 0.310. The molecular weight excluding hydrogens is 486 g/mol. The smallest absolute Gasteiger partial charge is 0.253 e. The molecule has 8 heteroatoms. The molecule has 2 amide bonds. The van der Waals surface area contributed by atoms with Gasteiger partial charge in [0.15, 0.2) is 0 Å². The molecule has 0 aromatic heterocycles. The summed E-state index contributed by atoms with van der Waals surface area (Å²) >= 11 is 0. The standard InChI is InChI=1S/C29H33N3O4S/c1-21-12-14-23(15-13-21)20-37(35,36)32-18-16-25(17-19-32)28(33)31-27-11-7-6-10-26(27)29(34)30-22(2)24-8-4-3-5-9-24/h3-15,22,25H,16-20H2,1-2H3,(H,30,34)(H,31,33)/t22-/m1/s1. The zero-order valence-electron chi connectivity index (χ0n) is 21.2. The van der Waals surface area contributed by atoms with E-state index < -0.39 is 10.0 Å². The molecule has 1 heterocycles. The fourth-order valence-electron chi connectivity index (χ4n) is 4.51. The lowest BCUT2D eigenvalue weighted by Crippen LogP contribution is -2.42. The lowest BCUT2D eigenvalue weighted by atomic mass is 9.97. The second kappa shape index (κ2) is 11.7. The molecule has 0 radical (unpaired) electrons. The van der Waals surface area contributed by atoms with Gasteiger partial charge in [0.2, 0.25) is 15.9 Å². The largest absolute Gasteiger partial charge is 0.345 e. The average Bonchev–Trinajstić information content (AvgIpc) is 2.90. The maximum absolute atomic E-state index is 13.1. The molecule has 0 spiro atoms. The monoisotopic (exact) mass is 519 g/mol. The van der Waals surface area contributed by atoms with Gasteiger partial charge in [-0.3, -0.25) is 9.59 Å². The number of nitrogens with one attached hydrogen (secondary N) is 2. The number of carbonyl (C=O) groups excluding carboxylic acids is 2. The van der Waals surface area contributed by atoms with E-state index in [2.05, 4.69) is 10.6 Å². The molecule has 1 aliphatic heterocycles. The van der Waals surface area contributed by atoms with E-state index in [0.717, 1.165) is 16.7 Å². The number of nitrogens with zero attached hydrogens (tertiary/aromatic N) is 1. The number of hydrogen-bond donors (Lipinski definition) is 2. The molecule has 3 aromatic rings. The molecule has 1 atom stereocenters.